The van der Waals surface area contributed by atoms with E-state index in [1.165, 1.54) is 21.6 Å². The number of halogens is 1. The van der Waals surface area contributed by atoms with E-state index in [-0.39, 0.29) is 17.5 Å². The summed E-state index contributed by atoms with van der Waals surface area (Å²) in [6, 6.07) is 8.07. The van der Waals surface area contributed by atoms with Gasteiger partial charge < -0.3 is 5.32 Å². The highest BCUT2D eigenvalue weighted by molar-refractivity contribution is 7.17. The Kier molecular flexibility index (Phi) is 6.97. The second kappa shape index (κ2) is 9.75. The van der Waals surface area contributed by atoms with Crippen LogP contribution in [0.15, 0.2) is 29.1 Å². The maximum Gasteiger partial charge on any atom is 0.277 e. The Hall–Kier alpha value is -2.55. The molecular weight excluding hydrogens is 458 g/mol. The number of rotatable bonds is 5. The summed E-state index contributed by atoms with van der Waals surface area (Å²) in [4.78, 5) is 33.2. The van der Waals surface area contributed by atoms with Crippen LogP contribution in [0.5, 0.6) is 0 Å². The lowest BCUT2D eigenvalue weighted by Gasteiger charge is -2.32. The van der Waals surface area contributed by atoms with Gasteiger partial charge in [0.1, 0.15) is 9.88 Å². The maximum atomic E-state index is 13.0. The van der Waals surface area contributed by atoms with E-state index in [4.69, 9.17) is 11.6 Å². The number of aryl methyl sites for hydroxylation is 3. The van der Waals surface area contributed by atoms with Crippen LogP contribution >= 0.6 is 22.9 Å². The number of nitrogens with zero attached hydrogens (tertiary/aromatic N) is 4. The van der Waals surface area contributed by atoms with Crippen molar-refractivity contribution in [2.24, 2.45) is 7.05 Å². The molecule has 0 unspecified atom stereocenters. The number of aromatic nitrogens is 3. The molecule has 4 rings (SSSR count). The third kappa shape index (κ3) is 5.18. The van der Waals surface area contributed by atoms with Crippen LogP contribution < -0.4 is 10.9 Å². The minimum absolute atomic E-state index is 0.118. The zero-order valence-electron chi connectivity index (χ0n) is 19.3. The van der Waals surface area contributed by atoms with Gasteiger partial charge in [-0.2, -0.15) is 5.10 Å². The summed E-state index contributed by atoms with van der Waals surface area (Å²) in [7, 11) is 1.63. The van der Waals surface area contributed by atoms with Crippen LogP contribution in [0.4, 0.5) is 0 Å². The molecule has 0 atom stereocenters. The van der Waals surface area contributed by atoms with Crippen LogP contribution in [0.3, 0.4) is 0 Å². The van der Waals surface area contributed by atoms with Crippen LogP contribution in [0.1, 0.15) is 45.0 Å². The first-order chi connectivity index (χ1) is 15.7. The molecule has 2 aromatic heterocycles. The number of hydrogen-bond acceptors (Lipinski definition) is 6. The lowest BCUT2D eigenvalue weighted by molar-refractivity contribution is 0.0912. The van der Waals surface area contributed by atoms with E-state index in [0.717, 1.165) is 48.8 Å². The Morgan fingerprint density at radius 1 is 1.15 bits per heavy atom. The molecule has 3 aromatic rings. The number of hydrogen-bond donors (Lipinski definition) is 1. The second-order valence-electron chi connectivity index (χ2n) is 8.60. The minimum atomic E-state index is -0.202. The lowest BCUT2D eigenvalue weighted by Crippen LogP contribution is -2.44. The smallest absolute Gasteiger partial charge is 0.277 e. The molecule has 174 valence electrons. The van der Waals surface area contributed by atoms with Crippen molar-refractivity contribution in [3.8, 4) is 10.6 Å². The topological polar surface area (TPSA) is 80.1 Å². The Morgan fingerprint density at radius 3 is 2.48 bits per heavy atom. The zero-order valence-corrected chi connectivity index (χ0v) is 20.9. The first-order valence-electron chi connectivity index (χ1n) is 11.0. The third-order valence-corrected chi connectivity index (χ3v) is 7.61. The Morgan fingerprint density at radius 2 is 1.82 bits per heavy atom. The zero-order chi connectivity index (χ0) is 23.7. The average molecular weight is 486 g/mol. The molecule has 1 N–H and O–H groups in total. The summed E-state index contributed by atoms with van der Waals surface area (Å²) in [5, 5.41) is 8.72. The van der Waals surface area contributed by atoms with Gasteiger partial charge in [0.2, 0.25) is 0 Å². The molecule has 1 saturated heterocycles. The Balaban J connectivity index is 1.41. The van der Waals surface area contributed by atoms with E-state index in [0.29, 0.717) is 21.1 Å². The maximum absolute atomic E-state index is 13.0. The van der Waals surface area contributed by atoms with Crippen molar-refractivity contribution >= 4 is 28.8 Å². The number of carbonyl (C=O) groups excluding carboxylic acids is 1. The summed E-state index contributed by atoms with van der Waals surface area (Å²) < 4.78 is 1.33. The monoisotopic (exact) mass is 485 g/mol. The SMILES string of the molecule is Cc1nc(-c2c(C)c(C)nn(C)c2=O)sc1C(=O)NC1CCN(Cc2ccc(Cl)cc2)CC1. The lowest BCUT2D eigenvalue weighted by atomic mass is 10.0. The molecule has 0 aliphatic carbocycles. The van der Waals surface area contributed by atoms with Crippen molar-refractivity contribution in [3.05, 3.63) is 67.0 Å². The van der Waals surface area contributed by atoms with E-state index in [1.54, 1.807) is 7.05 Å². The molecule has 0 bridgehead atoms. The fourth-order valence-electron chi connectivity index (χ4n) is 4.15. The molecule has 1 aliphatic heterocycles. The van der Waals surface area contributed by atoms with Crippen molar-refractivity contribution in [2.45, 2.75) is 46.2 Å². The predicted molar refractivity (Wildman–Crippen MR) is 132 cm³/mol. The summed E-state index contributed by atoms with van der Waals surface area (Å²) in [5.41, 5.74) is 3.77. The van der Waals surface area contributed by atoms with Gasteiger partial charge in [0, 0.05) is 37.7 Å². The first kappa shape index (κ1) is 23.6. The van der Waals surface area contributed by atoms with Gasteiger partial charge in [0.15, 0.2) is 0 Å². The first-order valence-corrected chi connectivity index (χ1v) is 12.2. The van der Waals surface area contributed by atoms with Gasteiger partial charge in [0.25, 0.3) is 11.5 Å². The molecule has 3 heterocycles. The standard InChI is InChI=1S/C24H28ClN5O2S/c1-14-15(2)28-29(4)24(32)20(14)23-26-16(3)21(33-23)22(31)27-19-9-11-30(12-10-19)13-17-5-7-18(25)8-6-17/h5-8,19H,9-13H2,1-4H3,(H,27,31). The second-order valence-corrected chi connectivity index (χ2v) is 10.0. The van der Waals surface area contributed by atoms with Crippen molar-refractivity contribution in [1.82, 2.24) is 25.0 Å². The number of carbonyl (C=O) groups is 1. The van der Waals surface area contributed by atoms with E-state index in [1.807, 2.05) is 32.9 Å². The fourth-order valence-corrected chi connectivity index (χ4v) is 5.34. The van der Waals surface area contributed by atoms with E-state index in [9.17, 15) is 9.59 Å². The summed E-state index contributed by atoms with van der Waals surface area (Å²) in [6.45, 7) is 8.28. The van der Waals surface area contributed by atoms with Crippen LogP contribution in [-0.4, -0.2) is 44.7 Å². The minimum Gasteiger partial charge on any atom is -0.348 e. The number of piperidine rings is 1. The molecule has 1 aliphatic rings. The van der Waals surface area contributed by atoms with Gasteiger partial charge in [-0.05, 0) is 56.9 Å². The molecular formula is C24H28ClN5O2S. The molecule has 1 fully saturated rings. The number of thiazole rings is 1. The summed E-state index contributed by atoms with van der Waals surface area (Å²) in [6.07, 6.45) is 1.79. The van der Waals surface area contributed by atoms with E-state index < -0.39 is 0 Å². The van der Waals surface area contributed by atoms with E-state index in [2.05, 4.69) is 32.4 Å². The van der Waals surface area contributed by atoms with Gasteiger partial charge >= 0.3 is 0 Å². The van der Waals surface area contributed by atoms with Crippen molar-refractivity contribution in [3.63, 3.8) is 0 Å². The number of likely N-dealkylation sites (tertiary alicyclic amines) is 1. The fraction of sp³-hybridized carbons (Fsp3) is 0.417. The van der Waals surface area contributed by atoms with Crippen LogP contribution in [0.2, 0.25) is 5.02 Å². The summed E-state index contributed by atoms with van der Waals surface area (Å²) in [5.74, 6) is -0.118. The van der Waals surface area contributed by atoms with Crippen LogP contribution in [0, 0.1) is 20.8 Å². The third-order valence-electron chi connectivity index (χ3n) is 6.18. The molecule has 1 aromatic carbocycles. The quantitative estimate of drug-likeness (QED) is 0.593. The normalized spacial score (nSPS) is 15.1. The number of benzene rings is 1. The molecule has 33 heavy (non-hydrogen) atoms. The number of nitrogens with one attached hydrogen (secondary N) is 1. The molecule has 7 nitrogen and oxygen atoms in total. The highest BCUT2D eigenvalue weighted by atomic mass is 35.5. The summed E-state index contributed by atoms with van der Waals surface area (Å²) >= 11 is 7.25. The average Bonchev–Trinajstić information content (AvgIpc) is 3.17. The Labute approximate surface area is 202 Å². The van der Waals surface area contributed by atoms with Crippen molar-refractivity contribution < 1.29 is 4.79 Å². The van der Waals surface area contributed by atoms with Gasteiger partial charge in [-0.25, -0.2) is 9.67 Å². The highest BCUT2D eigenvalue weighted by Gasteiger charge is 2.25. The van der Waals surface area contributed by atoms with Gasteiger partial charge in [-0.15, -0.1) is 11.3 Å². The molecule has 0 spiro atoms. The van der Waals surface area contributed by atoms with Gasteiger partial charge in [0.05, 0.1) is 17.0 Å². The predicted octanol–water partition coefficient (Wildman–Crippen LogP) is 3.88. The Bertz CT molecular complexity index is 1230. The van der Waals surface area contributed by atoms with Gasteiger partial charge in [-0.3, -0.25) is 14.5 Å². The van der Waals surface area contributed by atoms with E-state index >= 15 is 0 Å². The number of amides is 1. The largest absolute Gasteiger partial charge is 0.348 e. The van der Waals surface area contributed by atoms with Crippen molar-refractivity contribution in [2.75, 3.05) is 13.1 Å². The van der Waals surface area contributed by atoms with Crippen LogP contribution in [0.25, 0.3) is 10.6 Å². The molecule has 9 heteroatoms. The molecule has 1 amide bonds. The highest BCUT2D eigenvalue weighted by Crippen LogP contribution is 2.29. The van der Waals surface area contributed by atoms with Crippen LogP contribution in [-0.2, 0) is 13.6 Å². The van der Waals surface area contributed by atoms with Crippen molar-refractivity contribution in [1.29, 1.82) is 0 Å². The molecule has 0 saturated carbocycles. The van der Waals surface area contributed by atoms with Gasteiger partial charge in [-0.1, -0.05) is 23.7 Å². The molecule has 0 radical (unpaired) electrons.